The van der Waals surface area contributed by atoms with E-state index in [4.69, 9.17) is 9.47 Å². The highest BCUT2D eigenvalue weighted by Gasteiger charge is 2.40. The fourth-order valence-electron chi connectivity index (χ4n) is 4.39. The van der Waals surface area contributed by atoms with Crippen molar-refractivity contribution in [1.29, 1.82) is 0 Å². The third-order valence-corrected chi connectivity index (χ3v) is 6.06. The summed E-state index contributed by atoms with van der Waals surface area (Å²) >= 11 is 0. The average Bonchev–Trinajstić information content (AvgIpc) is 3.39. The first kappa shape index (κ1) is 22.1. The van der Waals surface area contributed by atoms with E-state index in [0.29, 0.717) is 54.8 Å². The van der Waals surface area contributed by atoms with E-state index >= 15 is 0 Å². The predicted octanol–water partition coefficient (Wildman–Crippen LogP) is 1.24. The van der Waals surface area contributed by atoms with E-state index in [2.05, 4.69) is 10.2 Å². The van der Waals surface area contributed by atoms with E-state index < -0.39 is 12.1 Å². The van der Waals surface area contributed by atoms with Gasteiger partial charge >= 0.3 is 0 Å². The van der Waals surface area contributed by atoms with E-state index in [1.165, 1.54) is 7.11 Å². The average molecular weight is 444 g/mol. The van der Waals surface area contributed by atoms with E-state index in [1.807, 2.05) is 18.4 Å². The van der Waals surface area contributed by atoms with Gasteiger partial charge in [0, 0.05) is 38.0 Å². The van der Waals surface area contributed by atoms with Crippen molar-refractivity contribution in [2.24, 2.45) is 5.92 Å². The molecule has 1 N–H and O–H groups in total. The summed E-state index contributed by atoms with van der Waals surface area (Å²) in [6.45, 7) is 5.45. The van der Waals surface area contributed by atoms with Crippen molar-refractivity contribution in [3.63, 3.8) is 0 Å². The maximum Gasteiger partial charge on any atom is 0.258 e. The predicted molar refractivity (Wildman–Crippen MR) is 114 cm³/mol. The zero-order valence-electron chi connectivity index (χ0n) is 18.8. The van der Waals surface area contributed by atoms with Crippen molar-refractivity contribution < 1.29 is 24.2 Å². The van der Waals surface area contributed by atoms with Crippen LogP contribution >= 0.6 is 0 Å². The van der Waals surface area contributed by atoms with Crippen LogP contribution in [-0.2, 0) is 17.9 Å². The van der Waals surface area contributed by atoms with Crippen LogP contribution in [-0.4, -0.2) is 74.9 Å². The zero-order valence-corrected chi connectivity index (χ0v) is 18.8. The van der Waals surface area contributed by atoms with Crippen LogP contribution in [0.2, 0.25) is 0 Å². The quantitative estimate of drug-likeness (QED) is 0.740. The molecule has 172 valence electrons. The molecule has 0 saturated carbocycles. The highest BCUT2D eigenvalue weighted by Crippen LogP contribution is 2.36. The van der Waals surface area contributed by atoms with Crippen LogP contribution in [0.5, 0.6) is 11.5 Å². The van der Waals surface area contributed by atoms with Gasteiger partial charge in [0.25, 0.3) is 5.91 Å². The molecule has 2 amide bonds. The topological polar surface area (TPSA) is 110 Å². The number of carbonyl (C=O) groups excluding carboxylic acids is 2. The zero-order chi connectivity index (χ0) is 23.0. The van der Waals surface area contributed by atoms with E-state index in [0.717, 1.165) is 0 Å². The lowest BCUT2D eigenvalue weighted by atomic mass is 10.1. The van der Waals surface area contributed by atoms with Gasteiger partial charge in [0.05, 0.1) is 38.5 Å². The number of carbonyl (C=O) groups is 2. The SMILES string of the molecule is COc1ccc(C(=O)N2C[C@@H](O)C[C@H]2c2nnc3n2CCN(C(=O)C(C)C)C3)c(OC)c1. The van der Waals surface area contributed by atoms with Crippen LogP contribution in [0.25, 0.3) is 0 Å². The fraction of sp³-hybridized carbons (Fsp3) is 0.545. The van der Waals surface area contributed by atoms with E-state index in [9.17, 15) is 14.7 Å². The van der Waals surface area contributed by atoms with Crippen LogP contribution in [0.3, 0.4) is 0 Å². The van der Waals surface area contributed by atoms with Gasteiger partial charge in [0.1, 0.15) is 11.5 Å². The monoisotopic (exact) mass is 443 g/mol. The molecule has 1 saturated heterocycles. The van der Waals surface area contributed by atoms with Crippen molar-refractivity contribution >= 4 is 11.8 Å². The van der Waals surface area contributed by atoms with Gasteiger partial charge in [-0.3, -0.25) is 9.59 Å². The van der Waals surface area contributed by atoms with Gasteiger partial charge in [-0.25, -0.2) is 0 Å². The minimum Gasteiger partial charge on any atom is -0.497 e. The Hall–Kier alpha value is -3.14. The molecule has 4 rings (SSSR count). The number of benzene rings is 1. The number of nitrogens with zero attached hydrogens (tertiary/aromatic N) is 5. The minimum atomic E-state index is -0.663. The molecule has 10 heteroatoms. The van der Waals surface area contributed by atoms with Gasteiger partial charge in [-0.05, 0) is 12.1 Å². The number of aliphatic hydroxyl groups is 1. The van der Waals surface area contributed by atoms with E-state index in [-0.39, 0.29) is 24.3 Å². The molecule has 0 spiro atoms. The maximum atomic E-state index is 13.4. The fourth-order valence-corrected chi connectivity index (χ4v) is 4.39. The third-order valence-electron chi connectivity index (χ3n) is 6.06. The van der Waals surface area contributed by atoms with Crippen molar-refractivity contribution in [2.45, 2.75) is 45.5 Å². The van der Waals surface area contributed by atoms with Gasteiger partial charge < -0.3 is 28.9 Å². The number of fused-ring (bicyclic) bond motifs is 1. The summed E-state index contributed by atoms with van der Waals surface area (Å²) in [5, 5.41) is 19.1. The highest BCUT2D eigenvalue weighted by atomic mass is 16.5. The standard InChI is InChI=1S/C22H29N5O5/c1-13(2)21(29)25-7-8-26-19(12-25)23-24-20(26)17-9-14(28)11-27(17)22(30)16-6-5-15(31-3)10-18(16)32-4/h5-6,10,13-14,17,28H,7-9,11-12H2,1-4H3/t14-,17-/m0/s1. The molecule has 0 radical (unpaired) electrons. The molecule has 2 aliphatic heterocycles. The first-order valence-corrected chi connectivity index (χ1v) is 10.8. The summed E-state index contributed by atoms with van der Waals surface area (Å²) in [4.78, 5) is 29.2. The largest absolute Gasteiger partial charge is 0.497 e. The Morgan fingerprint density at radius 3 is 2.62 bits per heavy atom. The Kier molecular flexibility index (Phi) is 6.05. The summed E-state index contributed by atoms with van der Waals surface area (Å²) in [7, 11) is 3.05. The van der Waals surface area contributed by atoms with Crippen LogP contribution in [0.1, 0.15) is 48.3 Å². The van der Waals surface area contributed by atoms with Gasteiger partial charge in [0.15, 0.2) is 11.6 Å². The summed E-state index contributed by atoms with van der Waals surface area (Å²) in [5.41, 5.74) is 0.388. The lowest BCUT2D eigenvalue weighted by Crippen LogP contribution is -2.41. The Morgan fingerprint density at radius 1 is 1.16 bits per heavy atom. The molecule has 3 heterocycles. The van der Waals surface area contributed by atoms with Crippen molar-refractivity contribution in [3.8, 4) is 11.5 Å². The smallest absolute Gasteiger partial charge is 0.258 e. The third kappa shape index (κ3) is 3.90. The van der Waals surface area contributed by atoms with Crippen molar-refractivity contribution in [1.82, 2.24) is 24.6 Å². The molecule has 0 bridgehead atoms. The number of rotatable bonds is 5. The number of β-amino-alcohol motifs (C(OH)–C–C–N with tert-alkyl or cyclic N) is 1. The summed E-state index contributed by atoms with van der Waals surface area (Å²) < 4.78 is 12.6. The molecule has 2 aromatic rings. The molecule has 32 heavy (non-hydrogen) atoms. The van der Waals surface area contributed by atoms with Gasteiger partial charge in [0.2, 0.25) is 5.91 Å². The Morgan fingerprint density at radius 2 is 1.94 bits per heavy atom. The second kappa shape index (κ2) is 8.78. The second-order valence-electron chi connectivity index (χ2n) is 8.47. The van der Waals surface area contributed by atoms with Gasteiger partial charge in [-0.2, -0.15) is 0 Å². The lowest BCUT2D eigenvalue weighted by Gasteiger charge is -2.31. The number of aliphatic hydroxyl groups excluding tert-OH is 1. The first-order chi connectivity index (χ1) is 15.3. The Balaban J connectivity index is 1.61. The minimum absolute atomic E-state index is 0.0819. The lowest BCUT2D eigenvalue weighted by molar-refractivity contribution is -0.136. The summed E-state index contributed by atoms with van der Waals surface area (Å²) in [6, 6.07) is 4.61. The number of amides is 2. The van der Waals surface area contributed by atoms with Crippen molar-refractivity contribution in [3.05, 3.63) is 35.4 Å². The molecule has 10 nitrogen and oxygen atoms in total. The van der Waals surface area contributed by atoms with Gasteiger partial charge in [-0.1, -0.05) is 13.8 Å². The maximum absolute atomic E-state index is 13.4. The summed E-state index contributed by atoms with van der Waals surface area (Å²) in [6.07, 6.45) is -0.291. The highest BCUT2D eigenvalue weighted by molar-refractivity contribution is 5.97. The molecular weight excluding hydrogens is 414 g/mol. The Labute approximate surface area is 186 Å². The normalized spacial score (nSPS) is 20.4. The Bertz CT molecular complexity index is 1020. The molecule has 1 aromatic carbocycles. The first-order valence-electron chi connectivity index (χ1n) is 10.8. The molecule has 0 aliphatic carbocycles. The molecule has 2 aliphatic rings. The number of aromatic nitrogens is 3. The van der Waals surface area contributed by atoms with E-state index in [1.54, 1.807) is 35.1 Å². The van der Waals surface area contributed by atoms with Crippen LogP contribution in [0, 0.1) is 5.92 Å². The molecule has 1 fully saturated rings. The number of hydrogen-bond donors (Lipinski definition) is 1. The number of hydrogen-bond acceptors (Lipinski definition) is 7. The second-order valence-corrected chi connectivity index (χ2v) is 8.47. The van der Waals surface area contributed by atoms with Gasteiger partial charge in [-0.15, -0.1) is 10.2 Å². The number of methoxy groups -OCH3 is 2. The number of likely N-dealkylation sites (tertiary alicyclic amines) is 1. The van der Waals surface area contributed by atoms with Crippen LogP contribution in [0.4, 0.5) is 0 Å². The number of ether oxygens (including phenoxy) is 2. The molecule has 2 atom stereocenters. The van der Waals surface area contributed by atoms with Crippen molar-refractivity contribution in [2.75, 3.05) is 27.3 Å². The van der Waals surface area contributed by atoms with Crippen LogP contribution in [0.15, 0.2) is 18.2 Å². The molecule has 0 unspecified atom stereocenters. The summed E-state index contributed by atoms with van der Waals surface area (Å²) in [5.74, 6) is 2.06. The molecular formula is C22H29N5O5. The molecule has 1 aromatic heterocycles. The van der Waals surface area contributed by atoms with Crippen LogP contribution < -0.4 is 9.47 Å².